The van der Waals surface area contributed by atoms with Crippen molar-refractivity contribution in [1.82, 2.24) is 0 Å². The third-order valence-corrected chi connectivity index (χ3v) is 2.31. The Balaban J connectivity index is 2.33. The van der Waals surface area contributed by atoms with E-state index in [0.29, 0.717) is 5.92 Å². The van der Waals surface area contributed by atoms with Crippen molar-refractivity contribution < 1.29 is 4.74 Å². The highest BCUT2D eigenvalue weighted by atomic mass is 79.9. The van der Waals surface area contributed by atoms with Crippen LogP contribution in [0.1, 0.15) is 20.3 Å². The van der Waals surface area contributed by atoms with E-state index in [-0.39, 0.29) is 0 Å². The highest BCUT2D eigenvalue weighted by Crippen LogP contribution is 2.16. The van der Waals surface area contributed by atoms with Gasteiger partial charge in [-0.25, -0.2) is 0 Å². The largest absolute Gasteiger partial charge is 0.494 e. The quantitative estimate of drug-likeness (QED) is 0.779. The van der Waals surface area contributed by atoms with E-state index in [2.05, 4.69) is 29.8 Å². The summed E-state index contributed by atoms with van der Waals surface area (Å²) in [5.74, 6) is 1.65. The number of rotatable bonds is 4. The molecule has 0 fully saturated rings. The Labute approximate surface area is 88.2 Å². The second-order valence-corrected chi connectivity index (χ2v) is 4.40. The molecule has 0 saturated heterocycles. The summed E-state index contributed by atoms with van der Waals surface area (Å²) in [6.07, 6.45) is 1.11. The molecule has 1 nitrogen and oxygen atoms in total. The molecule has 0 bridgehead atoms. The van der Waals surface area contributed by atoms with Gasteiger partial charge in [0.2, 0.25) is 0 Å². The Kier molecular flexibility index (Phi) is 4.29. The zero-order chi connectivity index (χ0) is 9.68. The van der Waals surface area contributed by atoms with E-state index in [0.717, 1.165) is 23.2 Å². The number of hydrogen-bond acceptors (Lipinski definition) is 1. The fraction of sp³-hybridized carbons (Fsp3) is 0.455. The molecular weight excluding hydrogens is 228 g/mol. The van der Waals surface area contributed by atoms with Crippen molar-refractivity contribution in [1.29, 1.82) is 0 Å². The molecule has 0 aliphatic carbocycles. The third-order valence-electron chi connectivity index (χ3n) is 1.78. The first-order valence-electron chi connectivity index (χ1n) is 4.57. The van der Waals surface area contributed by atoms with Crippen LogP contribution in [-0.4, -0.2) is 6.61 Å². The highest BCUT2D eigenvalue weighted by Gasteiger charge is 1.95. The summed E-state index contributed by atoms with van der Waals surface area (Å²) in [5, 5.41) is 0. The van der Waals surface area contributed by atoms with Gasteiger partial charge in [0.05, 0.1) is 6.61 Å². The van der Waals surface area contributed by atoms with Crippen LogP contribution in [0.3, 0.4) is 0 Å². The lowest BCUT2D eigenvalue weighted by molar-refractivity contribution is 0.289. The van der Waals surface area contributed by atoms with Crippen LogP contribution in [0.2, 0.25) is 0 Å². The molecule has 0 saturated carbocycles. The van der Waals surface area contributed by atoms with Crippen molar-refractivity contribution in [3.63, 3.8) is 0 Å². The molecule has 0 unspecified atom stereocenters. The lowest BCUT2D eigenvalue weighted by Crippen LogP contribution is -2.00. The van der Waals surface area contributed by atoms with E-state index in [9.17, 15) is 0 Å². The zero-order valence-electron chi connectivity index (χ0n) is 8.09. The van der Waals surface area contributed by atoms with Crippen molar-refractivity contribution in [2.45, 2.75) is 20.3 Å². The first-order chi connectivity index (χ1) is 6.18. The number of ether oxygens (including phenoxy) is 1. The van der Waals surface area contributed by atoms with Crippen molar-refractivity contribution >= 4 is 15.9 Å². The average Bonchev–Trinajstić information content (AvgIpc) is 2.08. The molecule has 0 aliphatic heterocycles. The standard InChI is InChI=1S/C11H15BrO/c1-9(2)7-8-13-11-5-3-10(12)4-6-11/h3-6,9H,7-8H2,1-2H3. The topological polar surface area (TPSA) is 9.23 Å². The number of halogens is 1. The number of benzene rings is 1. The van der Waals surface area contributed by atoms with Crippen LogP contribution in [0.15, 0.2) is 28.7 Å². The van der Waals surface area contributed by atoms with Crippen molar-refractivity contribution in [3.05, 3.63) is 28.7 Å². The molecule has 0 atom stereocenters. The Morgan fingerprint density at radius 2 is 1.85 bits per heavy atom. The molecule has 1 aromatic carbocycles. The summed E-state index contributed by atoms with van der Waals surface area (Å²) in [6, 6.07) is 7.93. The van der Waals surface area contributed by atoms with E-state index in [4.69, 9.17) is 4.74 Å². The molecule has 0 N–H and O–H groups in total. The molecule has 0 heterocycles. The van der Waals surface area contributed by atoms with E-state index < -0.39 is 0 Å². The van der Waals surface area contributed by atoms with Crippen molar-refractivity contribution in [2.24, 2.45) is 5.92 Å². The third kappa shape index (κ3) is 4.32. The van der Waals surface area contributed by atoms with E-state index in [1.807, 2.05) is 24.3 Å². The second kappa shape index (κ2) is 5.28. The SMILES string of the molecule is CC(C)CCOc1ccc(Br)cc1. The average molecular weight is 243 g/mol. The van der Waals surface area contributed by atoms with Crippen LogP contribution in [0, 0.1) is 5.92 Å². The van der Waals surface area contributed by atoms with Crippen LogP contribution >= 0.6 is 15.9 Å². The van der Waals surface area contributed by atoms with Gasteiger partial charge in [0.1, 0.15) is 5.75 Å². The molecule has 0 aliphatic rings. The van der Waals surface area contributed by atoms with Gasteiger partial charge in [0.25, 0.3) is 0 Å². The summed E-state index contributed by atoms with van der Waals surface area (Å²) >= 11 is 3.38. The second-order valence-electron chi connectivity index (χ2n) is 3.48. The van der Waals surface area contributed by atoms with Crippen molar-refractivity contribution in [3.8, 4) is 5.75 Å². The fourth-order valence-electron chi connectivity index (χ4n) is 0.943. The number of hydrogen-bond donors (Lipinski definition) is 0. The highest BCUT2D eigenvalue weighted by molar-refractivity contribution is 9.10. The predicted molar refractivity (Wildman–Crippen MR) is 59.1 cm³/mol. The van der Waals surface area contributed by atoms with Gasteiger partial charge >= 0.3 is 0 Å². The summed E-state index contributed by atoms with van der Waals surface area (Å²) in [4.78, 5) is 0. The molecule has 0 amide bonds. The Bertz CT molecular complexity index is 241. The summed E-state index contributed by atoms with van der Waals surface area (Å²) < 4.78 is 6.64. The maximum Gasteiger partial charge on any atom is 0.119 e. The first-order valence-corrected chi connectivity index (χ1v) is 5.36. The van der Waals surface area contributed by atoms with E-state index in [1.165, 1.54) is 0 Å². The van der Waals surface area contributed by atoms with Crippen LogP contribution in [0.5, 0.6) is 5.75 Å². The fourth-order valence-corrected chi connectivity index (χ4v) is 1.21. The monoisotopic (exact) mass is 242 g/mol. The molecular formula is C11H15BrO. The van der Waals surface area contributed by atoms with Crippen LogP contribution in [-0.2, 0) is 0 Å². The lowest BCUT2D eigenvalue weighted by Gasteiger charge is -2.07. The van der Waals surface area contributed by atoms with Gasteiger partial charge in [0.15, 0.2) is 0 Å². The maximum atomic E-state index is 5.55. The van der Waals surface area contributed by atoms with Gasteiger partial charge in [-0.3, -0.25) is 0 Å². The van der Waals surface area contributed by atoms with Gasteiger partial charge in [0, 0.05) is 4.47 Å². The normalized spacial score (nSPS) is 10.5. The molecule has 0 spiro atoms. The summed E-state index contributed by atoms with van der Waals surface area (Å²) in [7, 11) is 0. The van der Waals surface area contributed by atoms with Crippen molar-refractivity contribution in [2.75, 3.05) is 6.61 Å². The van der Waals surface area contributed by atoms with Gasteiger partial charge in [-0.15, -0.1) is 0 Å². The first kappa shape index (κ1) is 10.6. The van der Waals surface area contributed by atoms with Gasteiger partial charge in [-0.05, 0) is 36.6 Å². The lowest BCUT2D eigenvalue weighted by atomic mass is 10.1. The molecule has 1 aromatic rings. The predicted octanol–water partition coefficient (Wildman–Crippen LogP) is 3.87. The molecule has 0 radical (unpaired) electrons. The zero-order valence-corrected chi connectivity index (χ0v) is 9.67. The smallest absolute Gasteiger partial charge is 0.119 e. The summed E-state index contributed by atoms with van der Waals surface area (Å²) in [6.45, 7) is 5.20. The molecule has 72 valence electrons. The van der Waals surface area contributed by atoms with Crippen LogP contribution in [0.25, 0.3) is 0 Å². The minimum atomic E-state index is 0.704. The molecule has 1 rings (SSSR count). The Hall–Kier alpha value is -0.500. The summed E-state index contributed by atoms with van der Waals surface area (Å²) in [5.41, 5.74) is 0. The van der Waals surface area contributed by atoms with E-state index in [1.54, 1.807) is 0 Å². The molecule has 0 aromatic heterocycles. The van der Waals surface area contributed by atoms with Gasteiger partial charge in [-0.2, -0.15) is 0 Å². The Morgan fingerprint density at radius 3 is 2.38 bits per heavy atom. The molecule has 13 heavy (non-hydrogen) atoms. The minimum Gasteiger partial charge on any atom is -0.494 e. The van der Waals surface area contributed by atoms with Crippen LogP contribution < -0.4 is 4.74 Å². The minimum absolute atomic E-state index is 0.704. The maximum absolute atomic E-state index is 5.55. The van der Waals surface area contributed by atoms with Gasteiger partial charge < -0.3 is 4.74 Å². The van der Waals surface area contributed by atoms with Gasteiger partial charge in [-0.1, -0.05) is 29.8 Å². The molecule has 2 heteroatoms. The van der Waals surface area contributed by atoms with Crippen LogP contribution in [0.4, 0.5) is 0 Å². The van der Waals surface area contributed by atoms with E-state index >= 15 is 0 Å². The Morgan fingerprint density at radius 1 is 1.23 bits per heavy atom.